The fraction of sp³-hybridized carbons (Fsp3) is 0.486. The molecule has 0 bridgehead atoms. The van der Waals surface area contributed by atoms with Crippen LogP contribution >= 0.6 is 0 Å². The van der Waals surface area contributed by atoms with E-state index in [9.17, 15) is 4.79 Å². The topological polar surface area (TPSA) is 42.9 Å². The number of piperidine rings is 1. The van der Waals surface area contributed by atoms with Crippen molar-refractivity contribution in [3.05, 3.63) is 95.3 Å². The van der Waals surface area contributed by atoms with E-state index in [0.717, 1.165) is 70.6 Å². The minimum atomic E-state index is 0.152. The van der Waals surface area contributed by atoms with E-state index < -0.39 is 0 Å². The number of amides is 1. The Hall–Kier alpha value is -3.22. The number of unbranched alkanes of at least 4 members (excludes halogenated alkanes) is 2. The molecule has 0 spiro atoms. The molecule has 218 valence electrons. The normalized spacial score (nSPS) is 17.1. The summed E-state index contributed by atoms with van der Waals surface area (Å²) in [5.74, 6) is 0.152. The number of aromatic nitrogens is 1. The van der Waals surface area contributed by atoms with Crippen LogP contribution in [0.3, 0.4) is 0 Å². The molecule has 1 aromatic heterocycles. The van der Waals surface area contributed by atoms with Crippen LogP contribution in [0.2, 0.25) is 0 Å². The zero-order chi connectivity index (χ0) is 28.4. The van der Waals surface area contributed by atoms with E-state index >= 15 is 0 Å². The van der Waals surface area contributed by atoms with Crippen LogP contribution in [-0.2, 0) is 19.5 Å². The van der Waals surface area contributed by atoms with Gasteiger partial charge in [-0.25, -0.2) is 0 Å². The number of carbonyl (C=O) groups is 1. The molecule has 0 radical (unpaired) electrons. The molecule has 41 heavy (non-hydrogen) atoms. The molecule has 6 nitrogen and oxygen atoms in total. The van der Waals surface area contributed by atoms with Crippen molar-refractivity contribution in [3.8, 4) is 0 Å². The molecule has 2 aromatic carbocycles. The highest BCUT2D eigenvalue weighted by molar-refractivity contribution is 5.94. The monoisotopic (exact) mass is 553 g/mol. The maximum absolute atomic E-state index is 14.0. The highest BCUT2D eigenvalue weighted by atomic mass is 16.2. The fourth-order valence-electron chi connectivity index (χ4n) is 6.14. The van der Waals surface area contributed by atoms with Gasteiger partial charge in [0.25, 0.3) is 5.91 Å². The highest BCUT2D eigenvalue weighted by Gasteiger charge is 2.29. The second-order valence-corrected chi connectivity index (χ2v) is 11.9. The van der Waals surface area contributed by atoms with E-state index in [1.807, 2.05) is 30.6 Å². The summed E-state index contributed by atoms with van der Waals surface area (Å²) in [4.78, 5) is 27.8. The molecule has 0 N–H and O–H groups in total. The lowest BCUT2D eigenvalue weighted by Gasteiger charge is -2.39. The van der Waals surface area contributed by atoms with E-state index in [1.54, 1.807) is 0 Å². The third kappa shape index (κ3) is 8.17. The molecule has 0 aliphatic carbocycles. The van der Waals surface area contributed by atoms with E-state index in [0.29, 0.717) is 6.54 Å². The van der Waals surface area contributed by atoms with Crippen molar-refractivity contribution in [2.75, 3.05) is 51.2 Å². The molecule has 1 amide bonds. The Morgan fingerprint density at radius 2 is 1.56 bits per heavy atom. The Balaban J connectivity index is 1.27. The summed E-state index contributed by atoms with van der Waals surface area (Å²) in [5, 5.41) is 0. The Kier molecular flexibility index (Phi) is 10.4. The van der Waals surface area contributed by atoms with Gasteiger partial charge in [0.2, 0.25) is 0 Å². The van der Waals surface area contributed by atoms with E-state index in [-0.39, 0.29) is 11.9 Å². The smallest absolute Gasteiger partial charge is 0.254 e. The van der Waals surface area contributed by atoms with Gasteiger partial charge in [-0.3, -0.25) is 14.7 Å². The minimum Gasteiger partial charge on any atom is -0.369 e. The van der Waals surface area contributed by atoms with Crippen molar-refractivity contribution >= 4 is 11.6 Å². The van der Waals surface area contributed by atoms with Gasteiger partial charge in [0.15, 0.2) is 0 Å². The first-order valence-corrected chi connectivity index (χ1v) is 15.6. The Morgan fingerprint density at radius 1 is 0.854 bits per heavy atom. The number of hydrogen-bond acceptors (Lipinski definition) is 5. The number of nitrogens with zero attached hydrogens (tertiary/aromatic N) is 5. The van der Waals surface area contributed by atoms with Gasteiger partial charge in [-0.05, 0) is 79.8 Å². The molecule has 2 fully saturated rings. The van der Waals surface area contributed by atoms with Crippen molar-refractivity contribution in [1.82, 2.24) is 19.7 Å². The van der Waals surface area contributed by atoms with Crippen molar-refractivity contribution in [1.29, 1.82) is 0 Å². The Labute approximate surface area is 247 Å². The summed E-state index contributed by atoms with van der Waals surface area (Å²) in [6.45, 7) is 10.1. The average molecular weight is 554 g/mol. The lowest BCUT2D eigenvalue weighted by Crippen LogP contribution is -2.47. The molecule has 2 aliphatic heterocycles. The van der Waals surface area contributed by atoms with Gasteiger partial charge >= 0.3 is 0 Å². The number of anilines is 1. The van der Waals surface area contributed by atoms with Crippen molar-refractivity contribution in [2.45, 2.75) is 64.6 Å². The molecule has 2 aliphatic rings. The first-order chi connectivity index (χ1) is 20.1. The zero-order valence-electron chi connectivity index (χ0n) is 25.0. The van der Waals surface area contributed by atoms with Crippen LogP contribution < -0.4 is 4.90 Å². The largest absolute Gasteiger partial charge is 0.369 e. The third-order valence-electron chi connectivity index (χ3n) is 8.82. The van der Waals surface area contributed by atoms with E-state index in [4.69, 9.17) is 0 Å². The quantitative estimate of drug-likeness (QED) is 0.278. The average Bonchev–Trinajstić information content (AvgIpc) is 3.02. The molecule has 3 aromatic rings. The van der Waals surface area contributed by atoms with Gasteiger partial charge in [0.1, 0.15) is 0 Å². The summed E-state index contributed by atoms with van der Waals surface area (Å²) >= 11 is 0. The standard InChI is InChI=1S/C35H47N5O/c1-3-4-5-7-29-9-13-32(14-10-29)35(41)40(34-17-20-38(21-18-34)27-31-8-6-19-36-26-31)28-30-11-15-33(16-12-30)39-24-22-37(2)23-25-39/h6,8-16,19,26,34H,3-5,7,17-18,20-25,27-28H2,1-2H3. The minimum absolute atomic E-state index is 0.152. The van der Waals surface area contributed by atoms with E-state index in [1.165, 1.54) is 41.6 Å². The fourth-order valence-corrected chi connectivity index (χ4v) is 6.14. The molecule has 5 rings (SSSR count). The molecule has 2 saturated heterocycles. The van der Waals surface area contributed by atoms with Crippen LogP contribution in [0.15, 0.2) is 73.1 Å². The van der Waals surface area contributed by atoms with Gasteiger partial charge in [0, 0.05) is 82.0 Å². The summed E-state index contributed by atoms with van der Waals surface area (Å²) in [7, 11) is 2.19. The van der Waals surface area contributed by atoms with Crippen LogP contribution in [0.4, 0.5) is 5.69 Å². The summed E-state index contributed by atoms with van der Waals surface area (Å²) in [6, 6.07) is 21.7. The molecule has 0 unspecified atom stereocenters. The number of aryl methyl sites for hydroxylation is 1. The molecule has 3 heterocycles. The van der Waals surface area contributed by atoms with Crippen LogP contribution in [-0.4, -0.2) is 77.9 Å². The van der Waals surface area contributed by atoms with Crippen LogP contribution in [0.5, 0.6) is 0 Å². The second-order valence-electron chi connectivity index (χ2n) is 11.9. The molecule has 0 atom stereocenters. The van der Waals surface area contributed by atoms with Gasteiger partial charge in [0.05, 0.1) is 0 Å². The van der Waals surface area contributed by atoms with E-state index in [2.05, 4.69) is 81.0 Å². The second kappa shape index (κ2) is 14.6. The SMILES string of the molecule is CCCCCc1ccc(C(=O)N(Cc2ccc(N3CCN(C)CC3)cc2)C2CCN(Cc3cccnc3)CC2)cc1. The number of carbonyl (C=O) groups excluding carboxylic acids is 1. The zero-order valence-corrected chi connectivity index (χ0v) is 25.0. The predicted molar refractivity (Wildman–Crippen MR) is 168 cm³/mol. The number of likely N-dealkylation sites (N-methyl/N-ethyl adjacent to an activating group) is 1. The summed E-state index contributed by atoms with van der Waals surface area (Å²) in [5.41, 5.74) is 5.85. The van der Waals surface area contributed by atoms with Gasteiger partial charge < -0.3 is 14.7 Å². The number of rotatable bonds is 11. The lowest BCUT2D eigenvalue weighted by atomic mass is 9.99. The number of benzene rings is 2. The predicted octanol–water partition coefficient (Wildman–Crippen LogP) is 5.87. The Morgan fingerprint density at radius 3 is 2.22 bits per heavy atom. The summed E-state index contributed by atoms with van der Waals surface area (Å²) < 4.78 is 0. The highest BCUT2D eigenvalue weighted by Crippen LogP contribution is 2.25. The van der Waals surface area contributed by atoms with Crippen LogP contribution in [0.1, 0.15) is 66.1 Å². The molecule has 0 saturated carbocycles. The van der Waals surface area contributed by atoms with Crippen molar-refractivity contribution in [2.24, 2.45) is 0 Å². The van der Waals surface area contributed by atoms with Gasteiger partial charge in [-0.2, -0.15) is 0 Å². The first-order valence-electron chi connectivity index (χ1n) is 15.6. The molecule has 6 heteroatoms. The molecular weight excluding hydrogens is 506 g/mol. The van der Waals surface area contributed by atoms with Crippen LogP contribution in [0.25, 0.3) is 0 Å². The van der Waals surface area contributed by atoms with Gasteiger partial charge in [-0.15, -0.1) is 0 Å². The van der Waals surface area contributed by atoms with Gasteiger partial charge in [-0.1, -0.05) is 50.1 Å². The van der Waals surface area contributed by atoms with Crippen molar-refractivity contribution < 1.29 is 4.79 Å². The maximum atomic E-state index is 14.0. The Bertz CT molecular complexity index is 1200. The maximum Gasteiger partial charge on any atom is 0.254 e. The third-order valence-corrected chi connectivity index (χ3v) is 8.82. The number of hydrogen-bond donors (Lipinski definition) is 0. The van der Waals surface area contributed by atoms with Crippen LogP contribution in [0, 0.1) is 0 Å². The summed E-state index contributed by atoms with van der Waals surface area (Å²) in [6.07, 6.45) is 10.5. The lowest BCUT2D eigenvalue weighted by molar-refractivity contribution is 0.0542. The number of likely N-dealkylation sites (tertiary alicyclic amines) is 1. The number of pyridine rings is 1. The number of piperazine rings is 1. The molecular formula is C35H47N5O. The van der Waals surface area contributed by atoms with Crippen molar-refractivity contribution in [3.63, 3.8) is 0 Å². The first kappa shape index (κ1) is 29.3.